The van der Waals surface area contributed by atoms with E-state index in [4.69, 9.17) is 0 Å². The maximum atomic E-state index is 11.9. The molecule has 0 heterocycles. The van der Waals surface area contributed by atoms with Crippen LogP contribution in [0.5, 0.6) is 0 Å². The number of alkyl halides is 3. The normalized spacial score (nSPS) is 31.2. The summed E-state index contributed by atoms with van der Waals surface area (Å²) in [6.45, 7) is 1.62. The highest BCUT2D eigenvalue weighted by molar-refractivity contribution is 5.81. The molecule has 1 aliphatic carbocycles. The molecule has 2 atom stereocenters. The highest BCUT2D eigenvalue weighted by Crippen LogP contribution is 2.31. The van der Waals surface area contributed by atoms with Crippen molar-refractivity contribution in [3.63, 3.8) is 0 Å². The fourth-order valence-corrected chi connectivity index (χ4v) is 2.14. The first kappa shape index (κ1) is 13.3. The second-order valence-corrected chi connectivity index (χ2v) is 4.61. The molecule has 2 unspecified atom stereocenters. The van der Waals surface area contributed by atoms with Crippen LogP contribution in [0.15, 0.2) is 0 Å². The molecule has 16 heavy (non-hydrogen) atoms. The third kappa shape index (κ3) is 3.66. The molecule has 6 heteroatoms. The molecule has 2 N–H and O–H groups in total. The summed E-state index contributed by atoms with van der Waals surface area (Å²) < 4.78 is 35.7. The standard InChI is InChI=1S/C10H16F3NO2/c1-7-3-2-4-9(16,5-7)6-14-8(15)10(11,12)13/h7,16H,2-6H2,1H3,(H,14,15). The Bertz CT molecular complexity index is 267. The van der Waals surface area contributed by atoms with Gasteiger partial charge in [-0.15, -0.1) is 0 Å². The van der Waals surface area contributed by atoms with Crippen LogP contribution in [0.2, 0.25) is 0 Å². The van der Waals surface area contributed by atoms with Crippen LogP contribution in [0.1, 0.15) is 32.6 Å². The maximum absolute atomic E-state index is 11.9. The van der Waals surface area contributed by atoms with Gasteiger partial charge in [0.1, 0.15) is 0 Å². The molecule has 0 aromatic heterocycles. The van der Waals surface area contributed by atoms with Gasteiger partial charge in [0.05, 0.1) is 5.60 Å². The van der Waals surface area contributed by atoms with Gasteiger partial charge in [0.25, 0.3) is 0 Å². The van der Waals surface area contributed by atoms with Gasteiger partial charge in [-0.1, -0.05) is 19.8 Å². The van der Waals surface area contributed by atoms with E-state index in [9.17, 15) is 23.1 Å². The van der Waals surface area contributed by atoms with Crippen LogP contribution in [-0.4, -0.2) is 29.3 Å². The van der Waals surface area contributed by atoms with Crippen LogP contribution in [0, 0.1) is 5.92 Å². The Kier molecular flexibility index (Phi) is 3.83. The first-order chi connectivity index (χ1) is 7.23. The molecule has 0 spiro atoms. The molecule has 1 fully saturated rings. The lowest BCUT2D eigenvalue weighted by atomic mass is 9.79. The molecular formula is C10H16F3NO2. The molecule has 0 saturated heterocycles. The quantitative estimate of drug-likeness (QED) is 0.769. The Hall–Kier alpha value is -0.780. The topological polar surface area (TPSA) is 49.3 Å². The molecule has 1 amide bonds. The molecule has 0 aromatic carbocycles. The van der Waals surface area contributed by atoms with Gasteiger partial charge >= 0.3 is 12.1 Å². The van der Waals surface area contributed by atoms with Gasteiger partial charge in [-0.3, -0.25) is 4.79 Å². The number of rotatable bonds is 2. The van der Waals surface area contributed by atoms with E-state index in [2.05, 4.69) is 0 Å². The van der Waals surface area contributed by atoms with Crippen molar-refractivity contribution < 1.29 is 23.1 Å². The molecule has 0 aromatic rings. The number of carbonyl (C=O) groups is 1. The predicted octanol–water partition coefficient (Wildman–Crippen LogP) is 1.61. The van der Waals surface area contributed by atoms with Crippen LogP contribution < -0.4 is 5.32 Å². The SMILES string of the molecule is CC1CCCC(O)(CNC(=O)C(F)(F)F)C1. The van der Waals surface area contributed by atoms with Gasteiger partial charge in [-0.25, -0.2) is 0 Å². The van der Waals surface area contributed by atoms with Crippen molar-refractivity contribution >= 4 is 5.91 Å². The van der Waals surface area contributed by atoms with E-state index in [1.54, 1.807) is 5.32 Å². The fraction of sp³-hybridized carbons (Fsp3) is 0.900. The average molecular weight is 239 g/mol. The number of nitrogens with one attached hydrogen (secondary N) is 1. The monoisotopic (exact) mass is 239 g/mol. The van der Waals surface area contributed by atoms with Crippen molar-refractivity contribution in [3.8, 4) is 0 Å². The second-order valence-electron chi connectivity index (χ2n) is 4.61. The van der Waals surface area contributed by atoms with Crippen molar-refractivity contribution in [2.75, 3.05) is 6.54 Å². The zero-order valence-electron chi connectivity index (χ0n) is 9.10. The number of amides is 1. The molecule has 1 rings (SSSR count). The first-order valence-electron chi connectivity index (χ1n) is 5.30. The average Bonchev–Trinajstić information content (AvgIpc) is 2.12. The van der Waals surface area contributed by atoms with Crippen molar-refractivity contribution in [1.82, 2.24) is 5.32 Å². The summed E-state index contributed by atoms with van der Waals surface area (Å²) in [7, 11) is 0. The number of carbonyl (C=O) groups excluding carboxylic acids is 1. The Morgan fingerprint density at radius 2 is 2.19 bits per heavy atom. The van der Waals surface area contributed by atoms with Crippen molar-refractivity contribution in [2.24, 2.45) is 5.92 Å². The van der Waals surface area contributed by atoms with Crippen LogP contribution in [0.4, 0.5) is 13.2 Å². The van der Waals surface area contributed by atoms with Gasteiger partial charge in [-0.2, -0.15) is 13.2 Å². The number of aliphatic hydroxyl groups is 1. The van der Waals surface area contributed by atoms with E-state index in [1.165, 1.54) is 0 Å². The molecule has 0 aliphatic heterocycles. The minimum Gasteiger partial charge on any atom is -0.388 e. The number of hydrogen-bond acceptors (Lipinski definition) is 2. The lowest BCUT2D eigenvalue weighted by Crippen LogP contribution is -2.48. The molecular weight excluding hydrogens is 223 g/mol. The highest BCUT2D eigenvalue weighted by atomic mass is 19.4. The minimum absolute atomic E-state index is 0.279. The van der Waals surface area contributed by atoms with Crippen LogP contribution in [-0.2, 0) is 4.79 Å². The van der Waals surface area contributed by atoms with Gasteiger partial charge < -0.3 is 10.4 Å². The third-order valence-corrected chi connectivity index (χ3v) is 2.90. The third-order valence-electron chi connectivity index (χ3n) is 2.90. The van der Waals surface area contributed by atoms with Crippen molar-refractivity contribution in [2.45, 2.75) is 44.4 Å². The maximum Gasteiger partial charge on any atom is 0.471 e. The Balaban J connectivity index is 2.45. The largest absolute Gasteiger partial charge is 0.471 e. The predicted molar refractivity (Wildman–Crippen MR) is 51.6 cm³/mol. The summed E-state index contributed by atoms with van der Waals surface area (Å²) >= 11 is 0. The molecule has 94 valence electrons. The van der Waals surface area contributed by atoms with E-state index in [-0.39, 0.29) is 12.5 Å². The van der Waals surface area contributed by atoms with Crippen molar-refractivity contribution in [1.29, 1.82) is 0 Å². The van der Waals surface area contributed by atoms with Crippen LogP contribution in [0.3, 0.4) is 0 Å². The number of halogens is 3. The molecule has 1 saturated carbocycles. The Labute approximate surface area is 92.0 Å². The van der Waals surface area contributed by atoms with Gasteiger partial charge in [0, 0.05) is 6.54 Å². The Morgan fingerprint density at radius 1 is 1.56 bits per heavy atom. The molecule has 1 aliphatic rings. The van der Waals surface area contributed by atoms with E-state index >= 15 is 0 Å². The highest BCUT2D eigenvalue weighted by Gasteiger charge is 2.40. The zero-order valence-corrected chi connectivity index (χ0v) is 9.10. The summed E-state index contributed by atoms with van der Waals surface area (Å²) in [6, 6.07) is 0. The van der Waals surface area contributed by atoms with Crippen LogP contribution >= 0.6 is 0 Å². The van der Waals surface area contributed by atoms with E-state index in [0.29, 0.717) is 12.8 Å². The van der Waals surface area contributed by atoms with Gasteiger partial charge in [-0.05, 0) is 18.8 Å². The van der Waals surface area contributed by atoms with Gasteiger partial charge in [0.15, 0.2) is 0 Å². The van der Waals surface area contributed by atoms with Gasteiger partial charge in [0.2, 0.25) is 0 Å². The fourth-order valence-electron chi connectivity index (χ4n) is 2.14. The summed E-state index contributed by atoms with van der Waals surface area (Å²) in [5.41, 5.74) is -1.18. The smallest absolute Gasteiger partial charge is 0.388 e. The lowest BCUT2D eigenvalue weighted by Gasteiger charge is -2.35. The lowest BCUT2D eigenvalue weighted by molar-refractivity contribution is -0.174. The second kappa shape index (κ2) is 4.61. The Morgan fingerprint density at radius 3 is 2.69 bits per heavy atom. The molecule has 0 bridgehead atoms. The van der Waals surface area contributed by atoms with E-state index in [0.717, 1.165) is 12.8 Å². The summed E-state index contributed by atoms with van der Waals surface area (Å²) in [5.74, 6) is -1.71. The molecule has 3 nitrogen and oxygen atoms in total. The zero-order chi connectivity index (χ0) is 12.4. The van der Waals surface area contributed by atoms with Crippen LogP contribution in [0.25, 0.3) is 0 Å². The molecule has 0 radical (unpaired) electrons. The first-order valence-corrected chi connectivity index (χ1v) is 5.30. The summed E-state index contributed by atoms with van der Waals surface area (Å²) in [4.78, 5) is 10.6. The summed E-state index contributed by atoms with van der Waals surface area (Å²) in [6.07, 6.45) is -2.26. The number of hydrogen-bond donors (Lipinski definition) is 2. The van der Waals surface area contributed by atoms with E-state index < -0.39 is 17.7 Å². The summed E-state index contributed by atoms with van der Waals surface area (Å²) in [5, 5.41) is 11.7. The minimum atomic E-state index is -4.88. The van der Waals surface area contributed by atoms with E-state index in [1.807, 2.05) is 6.92 Å². The van der Waals surface area contributed by atoms with Crippen molar-refractivity contribution in [3.05, 3.63) is 0 Å².